The van der Waals surface area contributed by atoms with Crippen LogP contribution in [0.25, 0.3) is 0 Å². The van der Waals surface area contributed by atoms with E-state index >= 15 is 0 Å². The zero-order valence-corrected chi connectivity index (χ0v) is 11.0. The Morgan fingerprint density at radius 2 is 2.53 bits per heavy atom. The summed E-state index contributed by atoms with van der Waals surface area (Å²) in [4.78, 5) is 4.42. The number of pyridine rings is 1. The molecule has 1 N–H and O–H groups in total. The first kappa shape index (κ1) is 12.7. The molecule has 1 saturated heterocycles. The zero-order valence-electron chi connectivity index (χ0n) is 10.2. The summed E-state index contributed by atoms with van der Waals surface area (Å²) in [5.41, 5.74) is 0.921. The summed E-state index contributed by atoms with van der Waals surface area (Å²) in [6.45, 7) is 0.808. The Morgan fingerprint density at radius 1 is 1.65 bits per heavy atom. The molecule has 2 rings (SSSR count). The molecule has 1 aromatic heterocycles. The van der Waals surface area contributed by atoms with Gasteiger partial charge in [0.1, 0.15) is 11.4 Å². The molecule has 94 valence electrons. The largest absolute Gasteiger partial charge is 0.495 e. The van der Waals surface area contributed by atoms with Gasteiger partial charge in [0.15, 0.2) is 0 Å². The van der Waals surface area contributed by atoms with Crippen LogP contribution in [-0.4, -0.2) is 43.4 Å². The molecule has 2 atom stereocenters. The molecule has 2 heterocycles. The normalized spacial score (nSPS) is 22.1. The van der Waals surface area contributed by atoms with Crippen LogP contribution in [0.15, 0.2) is 18.3 Å². The lowest BCUT2D eigenvalue weighted by molar-refractivity contribution is 0.0471. The Balaban J connectivity index is 2.21. The van der Waals surface area contributed by atoms with Crippen LogP contribution >= 0.6 is 11.8 Å². The van der Waals surface area contributed by atoms with Crippen LogP contribution < -0.4 is 10.1 Å². The van der Waals surface area contributed by atoms with Crippen LogP contribution in [0, 0.1) is 0 Å². The van der Waals surface area contributed by atoms with Crippen LogP contribution in [0.1, 0.15) is 11.7 Å². The van der Waals surface area contributed by atoms with Gasteiger partial charge in [0, 0.05) is 17.7 Å². The van der Waals surface area contributed by atoms with E-state index in [2.05, 4.69) is 10.3 Å². The van der Waals surface area contributed by atoms with Crippen LogP contribution in [0.3, 0.4) is 0 Å². The molecule has 17 heavy (non-hydrogen) atoms. The fraction of sp³-hybridized carbons (Fsp3) is 0.583. The summed E-state index contributed by atoms with van der Waals surface area (Å²) in [7, 11) is 3.60. The van der Waals surface area contributed by atoms with Gasteiger partial charge in [-0.3, -0.25) is 4.98 Å². The van der Waals surface area contributed by atoms with Crippen molar-refractivity contribution >= 4 is 11.8 Å². The average molecular weight is 254 g/mol. The third kappa shape index (κ3) is 2.91. The van der Waals surface area contributed by atoms with Crippen molar-refractivity contribution < 1.29 is 9.47 Å². The minimum Gasteiger partial charge on any atom is -0.495 e. The van der Waals surface area contributed by atoms with E-state index in [0.717, 1.165) is 29.6 Å². The molecule has 0 aliphatic carbocycles. The molecule has 0 spiro atoms. The lowest BCUT2D eigenvalue weighted by Crippen LogP contribution is -2.37. The maximum atomic E-state index is 5.81. The topological polar surface area (TPSA) is 43.4 Å². The summed E-state index contributed by atoms with van der Waals surface area (Å²) in [5, 5.41) is 3.28. The Kier molecular flexibility index (Phi) is 4.65. The van der Waals surface area contributed by atoms with Gasteiger partial charge in [-0.25, -0.2) is 0 Å². The number of nitrogens with zero attached hydrogens (tertiary/aromatic N) is 1. The highest BCUT2D eigenvalue weighted by atomic mass is 32.2. The van der Waals surface area contributed by atoms with E-state index in [1.165, 1.54) is 0 Å². The molecule has 0 bridgehead atoms. The first-order chi connectivity index (χ1) is 8.36. The van der Waals surface area contributed by atoms with Crippen LogP contribution in [0.4, 0.5) is 0 Å². The van der Waals surface area contributed by atoms with Crippen molar-refractivity contribution in [2.75, 3.05) is 32.3 Å². The van der Waals surface area contributed by atoms with E-state index in [1.807, 2.05) is 30.9 Å². The van der Waals surface area contributed by atoms with Gasteiger partial charge in [-0.2, -0.15) is 11.8 Å². The Morgan fingerprint density at radius 3 is 3.18 bits per heavy atom. The second-order valence-corrected chi connectivity index (χ2v) is 4.99. The molecule has 1 aliphatic rings. The van der Waals surface area contributed by atoms with Crippen molar-refractivity contribution in [1.82, 2.24) is 10.3 Å². The summed E-state index contributed by atoms with van der Waals surface area (Å²) in [6.07, 6.45) is 1.94. The van der Waals surface area contributed by atoms with Gasteiger partial charge in [-0.05, 0) is 19.2 Å². The molecule has 1 aromatic rings. The highest BCUT2D eigenvalue weighted by Crippen LogP contribution is 2.29. The zero-order chi connectivity index (χ0) is 12.1. The minimum atomic E-state index is 0.0824. The number of nitrogens with one attached hydrogen (secondary N) is 1. The number of methoxy groups -OCH3 is 1. The average Bonchev–Trinajstić information content (AvgIpc) is 2.41. The Labute approximate surface area is 106 Å². The highest BCUT2D eigenvalue weighted by Gasteiger charge is 2.28. The quantitative estimate of drug-likeness (QED) is 0.881. The highest BCUT2D eigenvalue weighted by molar-refractivity contribution is 7.99. The van der Waals surface area contributed by atoms with E-state index < -0.39 is 0 Å². The molecule has 1 fully saturated rings. The van der Waals surface area contributed by atoms with Crippen molar-refractivity contribution in [3.63, 3.8) is 0 Å². The van der Waals surface area contributed by atoms with Crippen LogP contribution in [0.2, 0.25) is 0 Å². The Hall–Kier alpha value is -0.780. The SMILES string of the molecule is CNC(c1ncccc1OC)C1CSCCO1. The van der Waals surface area contributed by atoms with Crippen LogP contribution in [-0.2, 0) is 4.74 Å². The number of aromatic nitrogens is 1. The monoisotopic (exact) mass is 254 g/mol. The van der Waals surface area contributed by atoms with Gasteiger partial charge < -0.3 is 14.8 Å². The van der Waals surface area contributed by atoms with Crippen molar-refractivity contribution in [2.24, 2.45) is 0 Å². The van der Waals surface area contributed by atoms with Gasteiger partial charge >= 0.3 is 0 Å². The molecule has 5 heteroatoms. The predicted molar refractivity (Wildman–Crippen MR) is 69.7 cm³/mol. The van der Waals surface area contributed by atoms with E-state index in [0.29, 0.717) is 0 Å². The summed E-state index contributed by atoms with van der Waals surface area (Å²) in [6, 6.07) is 3.90. The smallest absolute Gasteiger partial charge is 0.142 e. The van der Waals surface area contributed by atoms with Gasteiger partial charge in [-0.15, -0.1) is 0 Å². The van der Waals surface area contributed by atoms with Crippen molar-refractivity contribution in [1.29, 1.82) is 0 Å². The first-order valence-corrected chi connectivity index (χ1v) is 6.87. The Bertz CT molecular complexity index is 356. The molecule has 0 amide bonds. The third-order valence-corrected chi connectivity index (χ3v) is 3.86. The van der Waals surface area contributed by atoms with Crippen molar-refractivity contribution in [2.45, 2.75) is 12.1 Å². The number of hydrogen-bond donors (Lipinski definition) is 1. The van der Waals surface area contributed by atoms with Gasteiger partial charge in [0.05, 0.1) is 25.9 Å². The number of rotatable bonds is 4. The van der Waals surface area contributed by atoms with Crippen molar-refractivity contribution in [3.8, 4) is 5.75 Å². The lowest BCUT2D eigenvalue weighted by Gasteiger charge is -2.30. The minimum absolute atomic E-state index is 0.0824. The fourth-order valence-corrected chi connectivity index (χ4v) is 2.91. The number of thioether (sulfide) groups is 1. The summed E-state index contributed by atoms with van der Waals surface area (Å²) >= 11 is 1.92. The second kappa shape index (κ2) is 6.23. The maximum absolute atomic E-state index is 5.81. The molecule has 0 aromatic carbocycles. The third-order valence-electron chi connectivity index (χ3n) is 2.84. The number of likely N-dealkylation sites (N-methyl/N-ethyl adjacent to an activating group) is 1. The van der Waals surface area contributed by atoms with Crippen molar-refractivity contribution in [3.05, 3.63) is 24.0 Å². The predicted octanol–water partition coefficient (Wildman–Crippen LogP) is 1.48. The fourth-order valence-electron chi connectivity index (χ4n) is 2.01. The second-order valence-electron chi connectivity index (χ2n) is 3.84. The van der Waals surface area contributed by atoms with E-state index in [4.69, 9.17) is 9.47 Å². The molecular formula is C12H18N2O2S. The maximum Gasteiger partial charge on any atom is 0.142 e. The molecular weight excluding hydrogens is 236 g/mol. The standard InChI is InChI=1S/C12H18N2O2S/c1-13-11(10-8-17-7-6-16-10)12-9(15-2)4-3-5-14-12/h3-5,10-11,13H,6-8H2,1-2H3. The lowest BCUT2D eigenvalue weighted by atomic mass is 10.1. The number of hydrogen-bond acceptors (Lipinski definition) is 5. The molecule has 0 saturated carbocycles. The number of ether oxygens (including phenoxy) is 2. The van der Waals surface area contributed by atoms with Gasteiger partial charge in [0.25, 0.3) is 0 Å². The van der Waals surface area contributed by atoms with Gasteiger partial charge in [-0.1, -0.05) is 0 Å². The molecule has 2 unspecified atom stereocenters. The van der Waals surface area contributed by atoms with E-state index in [1.54, 1.807) is 13.3 Å². The van der Waals surface area contributed by atoms with E-state index in [-0.39, 0.29) is 12.1 Å². The van der Waals surface area contributed by atoms with Gasteiger partial charge in [0.2, 0.25) is 0 Å². The molecule has 4 nitrogen and oxygen atoms in total. The van der Waals surface area contributed by atoms with E-state index in [9.17, 15) is 0 Å². The molecule has 1 aliphatic heterocycles. The molecule has 0 radical (unpaired) electrons. The summed E-state index contributed by atoms with van der Waals surface area (Å²) < 4.78 is 11.2. The summed E-state index contributed by atoms with van der Waals surface area (Å²) in [5.74, 6) is 2.88. The first-order valence-electron chi connectivity index (χ1n) is 5.72. The van der Waals surface area contributed by atoms with Crippen LogP contribution in [0.5, 0.6) is 5.75 Å².